The standard InChI is InChI=1S/C25H24N4O7/c1-14(2)20(27-21(31)15-9-11-26-12-10-15)25(35)36-13-28-19(30)8-7-18(24(28)34)29-22(32)16-5-3-4-6-17(16)23(29)33/h3-6,9-12,14,18,20H,7-8,13H2,1-2H3,(H,27,31)/t18?,20-/m0/s1. The first kappa shape index (κ1) is 24.7. The molecule has 2 atom stereocenters. The van der Waals surface area contributed by atoms with Crippen molar-refractivity contribution in [3.05, 3.63) is 65.5 Å². The Balaban J connectivity index is 1.44. The topological polar surface area (TPSA) is 143 Å². The Morgan fingerprint density at radius 1 is 1.03 bits per heavy atom. The molecule has 2 aromatic rings. The largest absolute Gasteiger partial charge is 0.442 e. The summed E-state index contributed by atoms with van der Waals surface area (Å²) in [6, 6.07) is 6.97. The maximum Gasteiger partial charge on any atom is 0.330 e. The van der Waals surface area contributed by atoms with Crippen molar-refractivity contribution in [1.82, 2.24) is 20.1 Å². The molecule has 0 saturated carbocycles. The van der Waals surface area contributed by atoms with Gasteiger partial charge in [0.15, 0.2) is 6.73 Å². The molecule has 1 unspecified atom stereocenters. The number of nitrogens with one attached hydrogen (secondary N) is 1. The van der Waals surface area contributed by atoms with Gasteiger partial charge in [0.05, 0.1) is 11.1 Å². The Labute approximate surface area is 206 Å². The smallest absolute Gasteiger partial charge is 0.330 e. The zero-order chi connectivity index (χ0) is 26.0. The number of hydrogen-bond donors (Lipinski definition) is 1. The van der Waals surface area contributed by atoms with Gasteiger partial charge in [-0.15, -0.1) is 0 Å². The van der Waals surface area contributed by atoms with Gasteiger partial charge in [-0.3, -0.25) is 33.9 Å². The number of carbonyl (C=O) groups is 6. The van der Waals surface area contributed by atoms with E-state index in [1.54, 1.807) is 26.0 Å². The molecule has 11 heteroatoms. The second kappa shape index (κ2) is 10.1. The molecule has 11 nitrogen and oxygen atoms in total. The third kappa shape index (κ3) is 4.59. The van der Waals surface area contributed by atoms with Crippen molar-refractivity contribution in [2.24, 2.45) is 5.92 Å². The Bertz CT molecular complexity index is 1210. The Kier molecular flexibility index (Phi) is 6.91. The summed E-state index contributed by atoms with van der Waals surface area (Å²) < 4.78 is 5.24. The fraction of sp³-hybridized carbons (Fsp3) is 0.320. The number of amides is 5. The molecule has 0 spiro atoms. The van der Waals surface area contributed by atoms with Gasteiger partial charge >= 0.3 is 5.97 Å². The van der Waals surface area contributed by atoms with Gasteiger partial charge in [-0.25, -0.2) is 9.69 Å². The molecule has 1 N–H and O–H groups in total. The van der Waals surface area contributed by atoms with Crippen molar-refractivity contribution in [1.29, 1.82) is 0 Å². The highest BCUT2D eigenvalue weighted by Gasteiger charge is 2.47. The lowest BCUT2D eigenvalue weighted by Crippen LogP contribution is -2.57. The molecule has 5 amide bonds. The fourth-order valence-corrected chi connectivity index (χ4v) is 4.13. The van der Waals surface area contributed by atoms with E-state index in [0.29, 0.717) is 5.56 Å². The lowest BCUT2D eigenvalue weighted by molar-refractivity contribution is -0.165. The van der Waals surface area contributed by atoms with Crippen molar-refractivity contribution >= 4 is 35.5 Å². The summed E-state index contributed by atoms with van der Waals surface area (Å²) in [7, 11) is 0. The molecule has 1 aromatic carbocycles. The number of piperidine rings is 1. The van der Waals surface area contributed by atoms with Crippen LogP contribution in [0.1, 0.15) is 57.8 Å². The van der Waals surface area contributed by atoms with Gasteiger partial charge in [0.1, 0.15) is 12.1 Å². The van der Waals surface area contributed by atoms with E-state index in [0.717, 1.165) is 9.80 Å². The van der Waals surface area contributed by atoms with E-state index in [1.807, 2.05) is 0 Å². The van der Waals surface area contributed by atoms with Crippen LogP contribution in [-0.2, 0) is 19.1 Å². The lowest BCUT2D eigenvalue weighted by Gasteiger charge is -2.34. The van der Waals surface area contributed by atoms with Crippen LogP contribution in [0.2, 0.25) is 0 Å². The molecule has 186 valence electrons. The molecule has 1 saturated heterocycles. The van der Waals surface area contributed by atoms with Gasteiger partial charge in [0.25, 0.3) is 23.6 Å². The normalized spacial score (nSPS) is 18.4. The third-order valence-corrected chi connectivity index (χ3v) is 6.11. The number of rotatable bonds is 7. The molecule has 1 fully saturated rings. The highest BCUT2D eigenvalue weighted by molar-refractivity contribution is 6.23. The van der Waals surface area contributed by atoms with Crippen LogP contribution in [-0.4, -0.2) is 69.1 Å². The summed E-state index contributed by atoms with van der Waals surface area (Å²) in [6.07, 6.45) is 2.74. The van der Waals surface area contributed by atoms with Crippen LogP contribution in [0.3, 0.4) is 0 Å². The minimum atomic E-state index is -1.19. The zero-order valence-corrected chi connectivity index (χ0v) is 19.7. The summed E-state index contributed by atoms with van der Waals surface area (Å²) >= 11 is 0. The van der Waals surface area contributed by atoms with E-state index < -0.39 is 54.3 Å². The van der Waals surface area contributed by atoms with Crippen LogP contribution in [0.25, 0.3) is 0 Å². The number of hydrogen-bond acceptors (Lipinski definition) is 8. The molecular weight excluding hydrogens is 468 g/mol. The molecule has 0 aliphatic carbocycles. The van der Waals surface area contributed by atoms with E-state index in [9.17, 15) is 28.8 Å². The zero-order valence-electron chi connectivity index (χ0n) is 19.7. The molecule has 2 aliphatic heterocycles. The molecule has 1 aromatic heterocycles. The van der Waals surface area contributed by atoms with Crippen molar-refractivity contribution in [3.63, 3.8) is 0 Å². The van der Waals surface area contributed by atoms with Crippen LogP contribution in [0, 0.1) is 5.92 Å². The predicted molar refractivity (Wildman–Crippen MR) is 123 cm³/mol. The monoisotopic (exact) mass is 492 g/mol. The first-order valence-electron chi connectivity index (χ1n) is 11.4. The van der Waals surface area contributed by atoms with Crippen LogP contribution < -0.4 is 5.32 Å². The average molecular weight is 492 g/mol. The van der Waals surface area contributed by atoms with Crippen molar-refractivity contribution in [2.45, 2.75) is 38.8 Å². The summed E-state index contributed by atoms with van der Waals surface area (Å²) in [6.45, 7) is 2.70. The fourth-order valence-electron chi connectivity index (χ4n) is 4.13. The van der Waals surface area contributed by atoms with Crippen LogP contribution in [0.4, 0.5) is 0 Å². The van der Waals surface area contributed by atoms with E-state index >= 15 is 0 Å². The average Bonchev–Trinajstić information content (AvgIpc) is 3.12. The van der Waals surface area contributed by atoms with E-state index in [1.165, 1.54) is 36.7 Å². The maximum absolute atomic E-state index is 13.1. The summed E-state index contributed by atoms with van der Waals surface area (Å²) in [4.78, 5) is 81.9. The van der Waals surface area contributed by atoms with E-state index in [4.69, 9.17) is 4.74 Å². The number of imide groups is 2. The molecule has 3 heterocycles. The summed E-state index contributed by atoms with van der Waals surface area (Å²) in [5, 5.41) is 2.59. The molecule has 2 aliphatic rings. The van der Waals surface area contributed by atoms with Gasteiger partial charge in [0.2, 0.25) is 5.91 Å². The van der Waals surface area contributed by atoms with Crippen LogP contribution in [0.15, 0.2) is 48.8 Å². The highest BCUT2D eigenvalue weighted by Crippen LogP contribution is 2.29. The Morgan fingerprint density at radius 2 is 1.64 bits per heavy atom. The SMILES string of the molecule is CC(C)[C@H](NC(=O)c1ccncc1)C(=O)OCN1C(=O)CCC(N2C(=O)c3ccccc3C2=O)C1=O. The van der Waals surface area contributed by atoms with Gasteiger partial charge in [-0.2, -0.15) is 0 Å². The number of pyridine rings is 1. The number of ether oxygens (including phenoxy) is 1. The molecular formula is C25H24N4O7. The van der Waals surface area contributed by atoms with Crippen LogP contribution in [0.5, 0.6) is 0 Å². The van der Waals surface area contributed by atoms with Gasteiger partial charge in [0, 0.05) is 24.4 Å². The minimum Gasteiger partial charge on any atom is -0.442 e. The van der Waals surface area contributed by atoms with Gasteiger partial charge in [-0.05, 0) is 36.6 Å². The van der Waals surface area contributed by atoms with Crippen molar-refractivity contribution in [2.75, 3.05) is 6.73 Å². The van der Waals surface area contributed by atoms with Crippen molar-refractivity contribution < 1.29 is 33.5 Å². The van der Waals surface area contributed by atoms with Gasteiger partial charge in [-0.1, -0.05) is 26.0 Å². The van der Waals surface area contributed by atoms with E-state index in [-0.39, 0.29) is 29.9 Å². The molecule has 4 rings (SSSR count). The first-order chi connectivity index (χ1) is 17.2. The first-order valence-corrected chi connectivity index (χ1v) is 11.4. The Morgan fingerprint density at radius 3 is 2.22 bits per heavy atom. The number of benzene rings is 1. The lowest BCUT2D eigenvalue weighted by atomic mass is 10.0. The molecule has 0 radical (unpaired) electrons. The predicted octanol–water partition coefficient (Wildman–Crippen LogP) is 1.15. The number of aromatic nitrogens is 1. The second-order valence-electron chi connectivity index (χ2n) is 8.76. The van der Waals surface area contributed by atoms with E-state index in [2.05, 4.69) is 10.3 Å². The van der Waals surface area contributed by atoms with Crippen molar-refractivity contribution in [3.8, 4) is 0 Å². The number of esters is 1. The maximum atomic E-state index is 13.1. The number of nitrogens with zero attached hydrogens (tertiary/aromatic N) is 3. The number of fused-ring (bicyclic) bond motifs is 1. The quantitative estimate of drug-likeness (QED) is 0.448. The highest BCUT2D eigenvalue weighted by atomic mass is 16.5. The Hall–Kier alpha value is -4.41. The number of carbonyl (C=O) groups excluding carboxylic acids is 6. The summed E-state index contributed by atoms with van der Waals surface area (Å²) in [5.74, 6) is -4.34. The van der Waals surface area contributed by atoms with Crippen LogP contribution >= 0.6 is 0 Å². The van der Waals surface area contributed by atoms with Gasteiger partial charge < -0.3 is 10.1 Å². The minimum absolute atomic E-state index is 0.0236. The molecule has 0 bridgehead atoms. The number of likely N-dealkylation sites (tertiary alicyclic amines) is 1. The second-order valence-corrected chi connectivity index (χ2v) is 8.76. The third-order valence-electron chi connectivity index (χ3n) is 6.11. The molecule has 36 heavy (non-hydrogen) atoms. The summed E-state index contributed by atoms with van der Waals surface area (Å²) in [5.41, 5.74) is 0.679.